The topological polar surface area (TPSA) is 67.6 Å². The molecule has 124 valence electrons. The van der Waals surface area contributed by atoms with Gasteiger partial charge in [-0.15, -0.1) is 31.4 Å². The maximum absolute atomic E-state index is 11.1. The van der Waals surface area contributed by atoms with Gasteiger partial charge in [0.25, 0.3) is 0 Å². The van der Waals surface area contributed by atoms with Crippen molar-refractivity contribution in [1.82, 2.24) is 10.2 Å². The maximum atomic E-state index is 11.1. The van der Waals surface area contributed by atoms with Gasteiger partial charge in [-0.1, -0.05) is 12.1 Å². The summed E-state index contributed by atoms with van der Waals surface area (Å²) in [5.41, 5.74) is 0.862. The molecule has 1 N–H and O–H groups in total. The zero-order valence-electron chi connectivity index (χ0n) is 12.4. The molecule has 0 aromatic heterocycles. The highest BCUT2D eigenvalue weighted by Crippen LogP contribution is 2.32. The van der Waals surface area contributed by atoms with Gasteiger partial charge in [0.2, 0.25) is 0 Å². The summed E-state index contributed by atoms with van der Waals surface area (Å²) in [4.78, 5) is 12.9. The summed E-state index contributed by atoms with van der Waals surface area (Å²) in [7, 11) is 1.43. The fourth-order valence-corrected chi connectivity index (χ4v) is 2.49. The van der Waals surface area contributed by atoms with Crippen molar-refractivity contribution in [2.45, 2.75) is 6.04 Å². The first-order valence-electron chi connectivity index (χ1n) is 6.57. The zero-order chi connectivity index (χ0) is 14.5. The molecule has 1 aliphatic heterocycles. The highest BCUT2D eigenvalue weighted by molar-refractivity contribution is 5.85. The van der Waals surface area contributed by atoms with E-state index in [2.05, 4.69) is 16.8 Å². The third kappa shape index (κ3) is 4.58. The minimum atomic E-state index is -0.416. The Bertz CT molecular complexity index is 508. The average Bonchev–Trinajstić information content (AvgIpc) is 2.49. The number of rotatable bonds is 5. The molecule has 0 spiro atoms. The Kier molecular flexibility index (Phi) is 9.04. The normalized spacial score (nSPS) is 15.9. The van der Waals surface area contributed by atoms with Gasteiger partial charge in [-0.3, -0.25) is 15.0 Å². The van der Waals surface area contributed by atoms with Crippen molar-refractivity contribution in [3.8, 4) is 5.75 Å². The van der Waals surface area contributed by atoms with Gasteiger partial charge in [0.1, 0.15) is 0 Å². The minimum Gasteiger partial charge on any atom is -0.490 e. The fourth-order valence-electron chi connectivity index (χ4n) is 2.49. The van der Waals surface area contributed by atoms with Gasteiger partial charge in [0.15, 0.2) is 5.75 Å². The van der Waals surface area contributed by atoms with Crippen LogP contribution in [0.15, 0.2) is 30.9 Å². The van der Waals surface area contributed by atoms with Gasteiger partial charge in [0.05, 0.1) is 18.1 Å². The number of halogens is 2. The Hall–Kier alpha value is -1.34. The molecule has 0 unspecified atom stereocenters. The molecule has 6 nitrogen and oxygen atoms in total. The lowest BCUT2D eigenvalue weighted by Gasteiger charge is -2.33. The lowest BCUT2D eigenvalue weighted by Crippen LogP contribution is -2.44. The van der Waals surface area contributed by atoms with E-state index in [9.17, 15) is 10.1 Å². The number of methoxy groups -OCH3 is 1. The fraction of sp³-hybridized carbons (Fsp3) is 0.429. The van der Waals surface area contributed by atoms with Crippen molar-refractivity contribution in [1.29, 1.82) is 0 Å². The van der Waals surface area contributed by atoms with Crippen LogP contribution in [0.5, 0.6) is 5.75 Å². The second-order valence-corrected chi connectivity index (χ2v) is 4.65. The Labute approximate surface area is 142 Å². The molecule has 8 heteroatoms. The van der Waals surface area contributed by atoms with E-state index in [-0.39, 0.29) is 42.3 Å². The Morgan fingerprint density at radius 1 is 1.41 bits per heavy atom. The minimum absolute atomic E-state index is 0. The Morgan fingerprint density at radius 2 is 2.05 bits per heavy atom. The third-order valence-corrected chi connectivity index (χ3v) is 3.51. The number of benzene rings is 1. The summed E-state index contributed by atoms with van der Waals surface area (Å²) in [5, 5.41) is 14.4. The van der Waals surface area contributed by atoms with Gasteiger partial charge in [-0.05, 0) is 11.6 Å². The number of hydrogen-bond donors (Lipinski definition) is 1. The second kappa shape index (κ2) is 9.63. The standard InChI is InChI=1S/C14H19N3O3.2ClH/c1-3-12(16-8-6-15-7-9-16)11-4-5-14(20-2)13(10-11)17(18)19;;/h3-5,10,12,15H,1,6-9H2,2H3;2*1H/t12-;;/m1../s1. The first-order valence-corrected chi connectivity index (χ1v) is 6.57. The predicted octanol–water partition coefficient (Wildman–Crippen LogP) is 2.58. The molecule has 0 radical (unpaired) electrons. The lowest BCUT2D eigenvalue weighted by atomic mass is 10.0. The van der Waals surface area contributed by atoms with Gasteiger partial charge < -0.3 is 10.1 Å². The first kappa shape index (κ1) is 20.7. The van der Waals surface area contributed by atoms with E-state index in [1.165, 1.54) is 7.11 Å². The summed E-state index contributed by atoms with van der Waals surface area (Å²) in [6.45, 7) is 7.50. The summed E-state index contributed by atoms with van der Waals surface area (Å²) in [6.07, 6.45) is 1.83. The monoisotopic (exact) mass is 349 g/mol. The number of nitrogens with one attached hydrogen (secondary N) is 1. The summed E-state index contributed by atoms with van der Waals surface area (Å²) < 4.78 is 5.03. The van der Waals surface area contributed by atoms with Crippen LogP contribution in [0.4, 0.5) is 5.69 Å². The van der Waals surface area contributed by atoms with E-state index in [0.29, 0.717) is 0 Å². The molecule has 1 aliphatic rings. The maximum Gasteiger partial charge on any atom is 0.311 e. The number of nitro benzene ring substituents is 1. The molecule has 1 fully saturated rings. The van der Waals surface area contributed by atoms with E-state index in [1.807, 2.05) is 12.1 Å². The number of nitro groups is 1. The highest BCUT2D eigenvalue weighted by Gasteiger charge is 2.23. The quantitative estimate of drug-likeness (QED) is 0.502. The van der Waals surface area contributed by atoms with Crippen LogP contribution in [0, 0.1) is 10.1 Å². The molecule has 1 aromatic rings. The molecule has 0 aliphatic carbocycles. The molecule has 22 heavy (non-hydrogen) atoms. The van der Waals surface area contributed by atoms with E-state index in [1.54, 1.807) is 12.1 Å². The van der Waals surface area contributed by atoms with Crippen LogP contribution in [0.1, 0.15) is 11.6 Å². The van der Waals surface area contributed by atoms with E-state index < -0.39 is 4.92 Å². The SMILES string of the molecule is C=C[C@H](c1ccc(OC)c([N+](=O)[O-])c1)N1CCNCC1.Cl.Cl. The van der Waals surface area contributed by atoms with Crippen LogP contribution >= 0.6 is 24.8 Å². The van der Waals surface area contributed by atoms with Crippen LogP contribution in [-0.2, 0) is 0 Å². The van der Waals surface area contributed by atoms with Crippen LogP contribution < -0.4 is 10.1 Å². The van der Waals surface area contributed by atoms with Gasteiger partial charge in [-0.2, -0.15) is 0 Å². The number of nitrogens with zero attached hydrogens (tertiary/aromatic N) is 2. The molecule has 2 rings (SSSR count). The predicted molar refractivity (Wildman–Crippen MR) is 91.5 cm³/mol. The largest absolute Gasteiger partial charge is 0.490 e. The van der Waals surface area contributed by atoms with E-state index >= 15 is 0 Å². The summed E-state index contributed by atoms with van der Waals surface area (Å²) in [6, 6.07) is 5.07. The Morgan fingerprint density at radius 3 is 2.55 bits per heavy atom. The molecule has 1 aromatic carbocycles. The molecular formula is C14H21Cl2N3O3. The summed E-state index contributed by atoms with van der Waals surface area (Å²) >= 11 is 0. The van der Waals surface area contributed by atoms with Crippen molar-refractivity contribution < 1.29 is 9.66 Å². The molecule has 1 heterocycles. The Balaban J connectivity index is 0.00000220. The van der Waals surface area contributed by atoms with E-state index in [4.69, 9.17) is 4.74 Å². The lowest BCUT2D eigenvalue weighted by molar-refractivity contribution is -0.385. The van der Waals surface area contributed by atoms with Crippen LogP contribution in [0.3, 0.4) is 0 Å². The number of ether oxygens (including phenoxy) is 1. The molecule has 0 amide bonds. The second-order valence-electron chi connectivity index (χ2n) is 4.65. The van der Waals surface area contributed by atoms with E-state index in [0.717, 1.165) is 31.7 Å². The number of hydrogen-bond acceptors (Lipinski definition) is 5. The van der Waals surface area contributed by atoms with Gasteiger partial charge >= 0.3 is 5.69 Å². The van der Waals surface area contributed by atoms with Gasteiger partial charge in [0, 0.05) is 32.2 Å². The molecular weight excluding hydrogens is 329 g/mol. The molecule has 1 atom stereocenters. The van der Waals surface area contributed by atoms with Crippen molar-refractivity contribution in [3.63, 3.8) is 0 Å². The average molecular weight is 350 g/mol. The highest BCUT2D eigenvalue weighted by atomic mass is 35.5. The molecule has 0 bridgehead atoms. The van der Waals surface area contributed by atoms with Crippen LogP contribution in [-0.4, -0.2) is 43.1 Å². The van der Waals surface area contributed by atoms with Crippen molar-refractivity contribution in [2.24, 2.45) is 0 Å². The van der Waals surface area contributed by atoms with Crippen molar-refractivity contribution >= 4 is 30.5 Å². The van der Waals surface area contributed by atoms with Crippen molar-refractivity contribution in [2.75, 3.05) is 33.3 Å². The van der Waals surface area contributed by atoms with Crippen LogP contribution in [0.25, 0.3) is 0 Å². The zero-order valence-corrected chi connectivity index (χ0v) is 14.0. The summed E-state index contributed by atoms with van der Waals surface area (Å²) in [5.74, 6) is 0.280. The van der Waals surface area contributed by atoms with Crippen molar-refractivity contribution in [3.05, 3.63) is 46.5 Å². The smallest absolute Gasteiger partial charge is 0.311 e. The van der Waals surface area contributed by atoms with Gasteiger partial charge in [-0.25, -0.2) is 0 Å². The molecule has 0 saturated carbocycles. The first-order chi connectivity index (χ1) is 9.67. The third-order valence-electron chi connectivity index (χ3n) is 3.51. The molecule has 1 saturated heterocycles. The van der Waals surface area contributed by atoms with Crippen LogP contribution in [0.2, 0.25) is 0 Å². The number of piperazine rings is 1.